The number of rotatable bonds is 2. The summed E-state index contributed by atoms with van der Waals surface area (Å²) >= 11 is 0. The second-order valence-corrected chi connectivity index (χ2v) is 7.81. The van der Waals surface area contributed by atoms with Gasteiger partial charge in [0, 0.05) is 56.6 Å². The number of nitrogens with one attached hydrogen (secondary N) is 2. The molecule has 0 aliphatic carbocycles. The van der Waals surface area contributed by atoms with Crippen molar-refractivity contribution in [3.8, 4) is 11.5 Å². The van der Waals surface area contributed by atoms with Crippen LogP contribution in [0.15, 0.2) is 24.7 Å². The molecule has 2 N–H and O–H groups in total. The molecule has 0 spiro atoms. The number of aromatic nitrogens is 3. The highest BCUT2D eigenvalue weighted by molar-refractivity contribution is 5.92. The van der Waals surface area contributed by atoms with Gasteiger partial charge in [-0.1, -0.05) is 0 Å². The summed E-state index contributed by atoms with van der Waals surface area (Å²) < 4.78 is 11.2. The number of hydrogen-bond acceptors (Lipinski definition) is 7. The van der Waals surface area contributed by atoms with Crippen LogP contribution in [0.3, 0.4) is 0 Å². The highest BCUT2D eigenvalue weighted by Crippen LogP contribution is 2.37. The summed E-state index contributed by atoms with van der Waals surface area (Å²) in [6, 6.07) is 3.86. The Bertz CT molecular complexity index is 1100. The van der Waals surface area contributed by atoms with Gasteiger partial charge in [-0.15, -0.1) is 0 Å². The number of fused-ring (bicyclic) bond motifs is 2. The van der Waals surface area contributed by atoms with Gasteiger partial charge in [-0.05, 0) is 25.1 Å². The maximum absolute atomic E-state index is 12.7. The van der Waals surface area contributed by atoms with Crippen LogP contribution in [0.25, 0.3) is 11.0 Å². The normalized spacial score (nSPS) is 15.9. The zero-order valence-electron chi connectivity index (χ0n) is 18.4. The number of benzene rings is 1. The van der Waals surface area contributed by atoms with E-state index in [1.807, 2.05) is 32.4 Å². The molecule has 0 radical (unpaired) electrons. The van der Waals surface area contributed by atoms with Gasteiger partial charge in [-0.3, -0.25) is 4.79 Å². The van der Waals surface area contributed by atoms with E-state index in [4.69, 9.17) is 9.47 Å². The zero-order chi connectivity index (χ0) is 22.0. The minimum absolute atomic E-state index is 0.0980. The zero-order valence-corrected chi connectivity index (χ0v) is 18.4. The molecule has 0 atom stereocenters. The molecular formula is C22H28N6O3. The Hall–Kier alpha value is -3.33. The molecule has 2 bridgehead atoms. The molecule has 3 aromatic rings. The molecule has 0 unspecified atom stereocenters. The van der Waals surface area contributed by atoms with Crippen LogP contribution in [0.1, 0.15) is 17.5 Å². The number of carbonyl (C=O) groups is 1. The lowest BCUT2D eigenvalue weighted by Gasteiger charge is -2.22. The molecule has 1 aliphatic rings. The quantitative estimate of drug-likeness (QED) is 0.653. The molecule has 0 saturated carbocycles. The molecule has 9 heteroatoms. The van der Waals surface area contributed by atoms with Gasteiger partial charge in [0.2, 0.25) is 5.91 Å². The third-order valence-corrected chi connectivity index (χ3v) is 5.66. The van der Waals surface area contributed by atoms with Crippen LogP contribution in [-0.4, -0.2) is 72.1 Å². The number of aryl methyl sites for hydroxylation is 1. The van der Waals surface area contributed by atoms with Crippen LogP contribution < -0.4 is 14.8 Å². The van der Waals surface area contributed by atoms with Gasteiger partial charge in [0.1, 0.15) is 17.8 Å². The topological polar surface area (TPSA) is 95.6 Å². The van der Waals surface area contributed by atoms with Crippen molar-refractivity contribution in [2.45, 2.75) is 19.4 Å². The molecule has 164 valence electrons. The first-order valence-corrected chi connectivity index (χ1v) is 10.3. The maximum atomic E-state index is 12.7. The third kappa shape index (κ3) is 4.27. The summed E-state index contributed by atoms with van der Waals surface area (Å²) in [4.78, 5) is 28.8. The summed E-state index contributed by atoms with van der Waals surface area (Å²) in [5.74, 6) is 2.06. The fourth-order valence-electron chi connectivity index (χ4n) is 3.93. The lowest BCUT2D eigenvalue weighted by molar-refractivity contribution is -0.130. The predicted molar refractivity (Wildman–Crippen MR) is 119 cm³/mol. The number of hydrogen-bond donors (Lipinski definition) is 2. The lowest BCUT2D eigenvalue weighted by Crippen LogP contribution is -2.34. The summed E-state index contributed by atoms with van der Waals surface area (Å²) in [7, 11) is 7.11. The fourth-order valence-corrected chi connectivity index (χ4v) is 3.93. The number of methoxy groups -OCH3 is 2. The first-order chi connectivity index (χ1) is 15.0. The van der Waals surface area contributed by atoms with Gasteiger partial charge in [0.15, 0.2) is 11.5 Å². The second kappa shape index (κ2) is 8.81. The van der Waals surface area contributed by atoms with E-state index in [1.165, 1.54) is 6.33 Å². The maximum Gasteiger partial charge on any atom is 0.222 e. The van der Waals surface area contributed by atoms with E-state index in [0.29, 0.717) is 37.4 Å². The largest absolute Gasteiger partial charge is 0.493 e. The smallest absolute Gasteiger partial charge is 0.222 e. The lowest BCUT2D eigenvalue weighted by atomic mass is 10.1. The van der Waals surface area contributed by atoms with Crippen molar-refractivity contribution in [1.82, 2.24) is 24.8 Å². The molecule has 3 heterocycles. The minimum atomic E-state index is 0.0980. The molecule has 1 aromatic carbocycles. The van der Waals surface area contributed by atoms with Crippen LogP contribution in [0.2, 0.25) is 0 Å². The predicted octanol–water partition coefficient (Wildman–Crippen LogP) is 2.56. The van der Waals surface area contributed by atoms with Crippen LogP contribution >= 0.6 is 0 Å². The third-order valence-electron chi connectivity index (χ3n) is 5.66. The van der Waals surface area contributed by atoms with Crippen molar-refractivity contribution in [3.63, 3.8) is 0 Å². The summed E-state index contributed by atoms with van der Waals surface area (Å²) in [6.07, 6.45) is 4.44. The Labute approximate surface area is 181 Å². The van der Waals surface area contributed by atoms with E-state index < -0.39 is 0 Å². The monoisotopic (exact) mass is 424 g/mol. The highest BCUT2D eigenvalue weighted by atomic mass is 16.5. The fraction of sp³-hybridized carbons (Fsp3) is 0.409. The van der Waals surface area contributed by atoms with Crippen molar-refractivity contribution in [3.05, 3.63) is 35.8 Å². The number of ether oxygens (including phenoxy) is 2. The highest BCUT2D eigenvalue weighted by Gasteiger charge is 2.19. The molecule has 2 aromatic heterocycles. The summed E-state index contributed by atoms with van der Waals surface area (Å²) in [5, 5.41) is 4.37. The van der Waals surface area contributed by atoms with E-state index >= 15 is 0 Å². The number of aromatic amines is 1. The number of amides is 1. The number of carbonyl (C=O) groups excluding carboxylic acids is 1. The van der Waals surface area contributed by atoms with E-state index in [1.54, 1.807) is 19.1 Å². The molecule has 4 rings (SSSR count). The van der Waals surface area contributed by atoms with Gasteiger partial charge in [0.25, 0.3) is 0 Å². The number of H-pyrrole nitrogens is 1. The average Bonchev–Trinajstić information content (AvgIpc) is 3.18. The van der Waals surface area contributed by atoms with Crippen LogP contribution in [-0.2, 0) is 17.8 Å². The Balaban J connectivity index is 1.83. The van der Waals surface area contributed by atoms with Crippen LogP contribution in [0.5, 0.6) is 11.5 Å². The van der Waals surface area contributed by atoms with Crippen molar-refractivity contribution in [2.75, 3.05) is 46.7 Å². The molecule has 1 amide bonds. The Morgan fingerprint density at radius 2 is 1.87 bits per heavy atom. The van der Waals surface area contributed by atoms with E-state index in [9.17, 15) is 4.79 Å². The summed E-state index contributed by atoms with van der Waals surface area (Å²) in [6.45, 7) is 2.12. The van der Waals surface area contributed by atoms with E-state index in [0.717, 1.165) is 40.2 Å². The SMILES string of the molecule is COc1cc2cc(c1OC)CCC(=O)N(C)CCN(C)Cc1c[nH]c3ncnc(c13)N2. The molecule has 1 aliphatic heterocycles. The minimum Gasteiger partial charge on any atom is -0.493 e. The van der Waals surface area contributed by atoms with Gasteiger partial charge in [-0.25, -0.2) is 9.97 Å². The van der Waals surface area contributed by atoms with Crippen LogP contribution in [0.4, 0.5) is 11.5 Å². The molecule has 31 heavy (non-hydrogen) atoms. The standard InChI is InChI=1S/C22H28N6O3/c1-27-7-8-28(2)18(29)6-5-14-9-16(10-17(30-3)20(14)31-4)26-22-19-15(12-27)11-23-21(19)24-13-25-22/h9-11,13H,5-8,12H2,1-4H3,(H2,23,24,25,26). The number of likely N-dealkylation sites (N-methyl/N-ethyl adjacent to an activating group) is 2. The Morgan fingerprint density at radius 1 is 1.03 bits per heavy atom. The molecule has 0 fully saturated rings. The van der Waals surface area contributed by atoms with Gasteiger partial charge in [-0.2, -0.15) is 0 Å². The number of anilines is 2. The summed E-state index contributed by atoms with van der Waals surface area (Å²) in [5.41, 5.74) is 3.57. The van der Waals surface area contributed by atoms with E-state index in [-0.39, 0.29) is 5.91 Å². The molecule has 9 nitrogen and oxygen atoms in total. The molecular weight excluding hydrogens is 396 g/mol. The average molecular weight is 425 g/mol. The van der Waals surface area contributed by atoms with Crippen molar-refractivity contribution in [1.29, 1.82) is 0 Å². The molecule has 0 saturated heterocycles. The van der Waals surface area contributed by atoms with Crippen molar-refractivity contribution >= 4 is 28.4 Å². The Morgan fingerprint density at radius 3 is 2.65 bits per heavy atom. The first-order valence-electron chi connectivity index (χ1n) is 10.3. The van der Waals surface area contributed by atoms with Gasteiger partial charge in [0.05, 0.1) is 19.6 Å². The van der Waals surface area contributed by atoms with Gasteiger partial charge >= 0.3 is 0 Å². The van der Waals surface area contributed by atoms with Crippen molar-refractivity contribution < 1.29 is 14.3 Å². The van der Waals surface area contributed by atoms with Crippen molar-refractivity contribution in [2.24, 2.45) is 0 Å². The van der Waals surface area contributed by atoms with Gasteiger partial charge < -0.3 is 29.6 Å². The first kappa shape index (κ1) is 20.9. The number of nitrogens with zero attached hydrogens (tertiary/aromatic N) is 4. The van der Waals surface area contributed by atoms with Crippen LogP contribution in [0, 0.1) is 0 Å². The Kier molecular flexibility index (Phi) is 5.94. The van der Waals surface area contributed by atoms with E-state index in [2.05, 4.69) is 25.2 Å². The second-order valence-electron chi connectivity index (χ2n) is 7.81.